The average Bonchev–Trinajstić information content (AvgIpc) is 3.16. The van der Waals surface area contributed by atoms with Gasteiger partial charge in [0.2, 0.25) is 0 Å². The van der Waals surface area contributed by atoms with Gasteiger partial charge in [0.1, 0.15) is 17.2 Å². The Hall–Kier alpha value is -3.35. The molecule has 3 aromatic rings. The minimum absolute atomic E-state index is 0.193. The summed E-state index contributed by atoms with van der Waals surface area (Å²) < 4.78 is 12.3. The molecule has 0 unspecified atom stereocenters. The number of amides is 1. The fourth-order valence-electron chi connectivity index (χ4n) is 2.55. The molecule has 2 aromatic heterocycles. The van der Waals surface area contributed by atoms with Crippen molar-refractivity contribution in [3.63, 3.8) is 0 Å². The zero-order valence-electron chi connectivity index (χ0n) is 14.7. The van der Waals surface area contributed by atoms with E-state index in [0.29, 0.717) is 30.2 Å². The van der Waals surface area contributed by atoms with Gasteiger partial charge in [-0.25, -0.2) is 4.98 Å². The Morgan fingerprint density at radius 2 is 1.85 bits per heavy atom. The van der Waals surface area contributed by atoms with Gasteiger partial charge in [-0.2, -0.15) is 0 Å². The lowest BCUT2D eigenvalue weighted by molar-refractivity contribution is 0.0951. The predicted molar refractivity (Wildman–Crippen MR) is 97.3 cm³/mol. The van der Waals surface area contributed by atoms with E-state index in [1.165, 1.54) is 0 Å². The predicted octanol–water partition coefficient (Wildman–Crippen LogP) is 2.39. The van der Waals surface area contributed by atoms with Gasteiger partial charge in [-0.15, -0.1) is 0 Å². The van der Waals surface area contributed by atoms with Crippen LogP contribution in [0.1, 0.15) is 10.4 Å². The molecule has 3 rings (SSSR count). The molecular formula is C19H20N4O3. The molecule has 1 aromatic carbocycles. The van der Waals surface area contributed by atoms with E-state index >= 15 is 0 Å². The molecule has 7 heteroatoms. The largest absolute Gasteiger partial charge is 0.497 e. The lowest BCUT2D eigenvalue weighted by atomic mass is 10.2. The van der Waals surface area contributed by atoms with Crippen LogP contribution in [0.25, 0.3) is 11.5 Å². The summed E-state index contributed by atoms with van der Waals surface area (Å²) in [4.78, 5) is 21.1. The zero-order chi connectivity index (χ0) is 18.4. The van der Waals surface area contributed by atoms with Crippen molar-refractivity contribution < 1.29 is 14.3 Å². The second-order valence-electron chi connectivity index (χ2n) is 5.52. The standard InChI is InChI=1S/C19H20N4O3/c1-25-15-11-14(12-16(13-15)26-2)19(24)22-8-10-23-9-7-21-18(23)17-5-3-4-6-20-17/h3-7,9,11-13H,8,10H2,1-2H3,(H,22,24). The van der Waals surface area contributed by atoms with Crippen molar-refractivity contribution in [2.45, 2.75) is 6.54 Å². The van der Waals surface area contributed by atoms with Crippen LogP contribution in [-0.4, -0.2) is 41.2 Å². The van der Waals surface area contributed by atoms with E-state index in [4.69, 9.17) is 9.47 Å². The molecule has 7 nitrogen and oxygen atoms in total. The lowest BCUT2D eigenvalue weighted by Crippen LogP contribution is -2.27. The average molecular weight is 352 g/mol. The Bertz CT molecular complexity index is 855. The molecule has 2 heterocycles. The van der Waals surface area contributed by atoms with Crippen molar-refractivity contribution in [2.24, 2.45) is 0 Å². The summed E-state index contributed by atoms with van der Waals surface area (Å²) >= 11 is 0. The third-order valence-corrected chi connectivity index (χ3v) is 3.86. The van der Waals surface area contributed by atoms with Gasteiger partial charge >= 0.3 is 0 Å². The van der Waals surface area contributed by atoms with Gasteiger partial charge in [-0.05, 0) is 24.3 Å². The highest BCUT2D eigenvalue weighted by atomic mass is 16.5. The van der Waals surface area contributed by atoms with Crippen molar-refractivity contribution in [1.82, 2.24) is 19.9 Å². The number of carbonyl (C=O) groups is 1. The summed E-state index contributed by atoms with van der Waals surface area (Å²) in [6.45, 7) is 1.04. The Labute approximate surface area is 151 Å². The molecule has 26 heavy (non-hydrogen) atoms. The maximum Gasteiger partial charge on any atom is 0.251 e. The molecule has 0 aliphatic carbocycles. The molecule has 0 radical (unpaired) electrons. The van der Waals surface area contributed by atoms with E-state index in [1.54, 1.807) is 44.8 Å². The van der Waals surface area contributed by atoms with Crippen molar-refractivity contribution in [3.8, 4) is 23.0 Å². The first kappa shape index (κ1) is 17.5. The van der Waals surface area contributed by atoms with Gasteiger partial charge in [-0.3, -0.25) is 9.78 Å². The number of methoxy groups -OCH3 is 2. The monoisotopic (exact) mass is 352 g/mol. The van der Waals surface area contributed by atoms with E-state index < -0.39 is 0 Å². The molecule has 0 aliphatic rings. The van der Waals surface area contributed by atoms with Crippen LogP contribution in [0.3, 0.4) is 0 Å². The van der Waals surface area contributed by atoms with Crippen LogP contribution in [0.4, 0.5) is 0 Å². The van der Waals surface area contributed by atoms with Crippen LogP contribution in [0, 0.1) is 0 Å². The van der Waals surface area contributed by atoms with E-state index in [9.17, 15) is 4.79 Å². The Morgan fingerprint density at radius 1 is 1.08 bits per heavy atom. The minimum Gasteiger partial charge on any atom is -0.497 e. The van der Waals surface area contributed by atoms with Crippen molar-refractivity contribution in [2.75, 3.05) is 20.8 Å². The van der Waals surface area contributed by atoms with Crippen molar-refractivity contribution >= 4 is 5.91 Å². The summed E-state index contributed by atoms with van der Waals surface area (Å²) in [5, 5.41) is 2.90. The second kappa shape index (κ2) is 8.15. The van der Waals surface area contributed by atoms with Crippen LogP contribution in [0.5, 0.6) is 11.5 Å². The molecule has 134 valence electrons. The fraction of sp³-hybridized carbons (Fsp3) is 0.211. The number of ether oxygens (including phenoxy) is 2. The van der Waals surface area contributed by atoms with E-state index in [1.807, 2.05) is 29.0 Å². The zero-order valence-corrected chi connectivity index (χ0v) is 14.7. The van der Waals surface area contributed by atoms with E-state index in [2.05, 4.69) is 15.3 Å². The number of aromatic nitrogens is 3. The molecule has 0 bridgehead atoms. The maximum atomic E-state index is 12.4. The summed E-state index contributed by atoms with van der Waals surface area (Å²) in [5.74, 6) is 1.72. The van der Waals surface area contributed by atoms with Crippen LogP contribution < -0.4 is 14.8 Å². The SMILES string of the molecule is COc1cc(OC)cc(C(=O)NCCn2ccnc2-c2ccccn2)c1. The third-order valence-electron chi connectivity index (χ3n) is 3.86. The molecule has 1 N–H and O–H groups in total. The van der Waals surface area contributed by atoms with Crippen LogP contribution in [0.15, 0.2) is 55.0 Å². The summed E-state index contributed by atoms with van der Waals surface area (Å²) in [7, 11) is 3.10. The highest BCUT2D eigenvalue weighted by molar-refractivity contribution is 5.95. The molecule has 0 atom stereocenters. The van der Waals surface area contributed by atoms with Crippen LogP contribution in [0.2, 0.25) is 0 Å². The highest BCUT2D eigenvalue weighted by Gasteiger charge is 2.11. The van der Waals surface area contributed by atoms with E-state index in [0.717, 1.165) is 11.5 Å². The Morgan fingerprint density at radius 3 is 2.50 bits per heavy atom. The van der Waals surface area contributed by atoms with E-state index in [-0.39, 0.29) is 5.91 Å². The number of carbonyl (C=O) groups excluding carboxylic acids is 1. The number of benzene rings is 1. The lowest BCUT2D eigenvalue weighted by Gasteiger charge is -2.11. The Balaban J connectivity index is 1.64. The smallest absolute Gasteiger partial charge is 0.251 e. The number of hydrogen-bond donors (Lipinski definition) is 1. The van der Waals surface area contributed by atoms with Gasteiger partial charge in [0.25, 0.3) is 5.91 Å². The summed E-state index contributed by atoms with van der Waals surface area (Å²) in [6, 6.07) is 10.8. The number of hydrogen-bond acceptors (Lipinski definition) is 5. The number of rotatable bonds is 7. The minimum atomic E-state index is -0.193. The fourth-order valence-corrected chi connectivity index (χ4v) is 2.55. The molecule has 0 fully saturated rings. The van der Waals surface area contributed by atoms with Gasteiger partial charge < -0.3 is 19.4 Å². The molecule has 0 aliphatic heterocycles. The molecule has 0 saturated heterocycles. The topological polar surface area (TPSA) is 78.3 Å². The number of nitrogens with one attached hydrogen (secondary N) is 1. The van der Waals surface area contributed by atoms with Crippen LogP contribution in [-0.2, 0) is 6.54 Å². The van der Waals surface area contributed by atoms with Gasteiger partial charge in [0, 0.05) is 43.3 Å². The highest BCUT2D eigenvalue weighted by Crippen LogP contribution is 2.22. The number of nitrogens with zero attached hydrogens (tertiary/aromatic N) is 3. The first-order valence-electron chi connectivity index (χ1n) is 8.15. The van der Waals surface area contributed by atoms with Gasteiger partial charge in [-0.1, -0.05) is 6.07 Å². The normalized spacial score (nSPS) is 10.4. The van der Waals surface area contributed by atoms with Crippen molar-refractivity contribution in [1.29, 1.82) is 0 Å². The maximum absolute atomic E-state index is 12.4. The molecule has 1 amide bonds. The summed E-state index contributed by atoms with van der Waals surface area (Å²) in [5.41, 5.74) is 1.28. The van der Waals surface area contributed by atoms with Gasteiger partial charge in [0.05, 0.1) is 14.2 Å². The second-order valence-corrected chi connectivity index (χ2v) is 5.52. The number of imidazole rings is 1. The first-order valence-corrected chi connectivity index (χ1v) is 8.15. The van der Waals surface area contributed by atoms with Crippen LogP contribution >= 0.6 is 0 Å². The Kier molecular flexibility index (Phi) is 5.48. The number of pyridine rings is 1. The molecule has 0 spiro atoms. The first-order chi connectivity index (χ1) is 12.7. The van der Waals surface area contributed by atoms with Gasteiger partial charge in [0.15, 0.2) is 5.82 Å². The molecular weight excluding hydrogens is 332 g/mol. The quantitative estimate of drug-likeness (QED) is 0.706. The van der Waals surface area contributed by atoms with Crippen molar-refractivity contribution in [3.05, 3.63) is 60.6 Å². The third kappa shape index (κ3) is 4.00. The molecule has 0 saturated carbocycles. The summed E-state index contributed by atoms with van der Waals surface area (Å²) in [6.07, 6.45) is 5.32.